The van der Waals surface area contributed by atoms with E-state index in [9.17, 15) is 4.21 Å². The molecule has 0 fully saturated rings. The first-order chi connectivity index (χ1) is 4.20. The summed E-state index contributed by atoms with van der Waals surface area (Å²) in [6.07, 6.45) is 0. The third kappa shape index (κ3) is 1.45. The zero-order chi connectivity index (χ0) is 6.85. The summed E-state index contributed by atoms with van der Waals surface area (Å²) >= 11 is 0. The van der Waals surface area contributed by atoms with Gasteiger partial charge in [0.05, 0.1) is 11.4 Å². The van der Waals surface area contributed by atoms with Gasteiger partial charge in [-0.2, -0.15) is 4.40 Å². The van der Waals surface area contributed by atoms with Crippen LogP contribution in [0, 0.1) is 0 Å². The highest BCUT2D eigenvalue weighted by Crippen LogP contribution is 1.97. The van der Waals surface area contributed by atoms with E-state index in [0.717, 1.165) is 11.4 Å². The van der Waals surface area contributed by atoms with Crippen LogP contribution in [0.1, 0.15) is 13.8 Å². The smallest absolute Gasteiger partial charge is 0.161 e. The fraction of sp³-hybridized carbons (Fsp3) is 0.600. The lowest BCUT2D eigenvalue weighted by Gasteiger charge is -2.03. The van der Waals surface area contributed by atoms with Crippen LogP contribution < -0.4 is 0 Å². The summed E-state index contributed by atoms with van der Waals surface area (Å²) in [6, 6.07) is 0. The molecule has 1 unspecified atom stereocenters. The molecule has 0 aromatic carbocycles. The Morgan fingerprint density at radius 1 is 1.44 bits per heavy atom. The highest BCUT2D eigenvalue weighted by molar-refractivity contribution is 7.84. The van der Waals surface area contributed by atoms with E-state index >= 15 is 0 Å². The van der Waals surface area contributed by atoms with E-state index < -0.39 is 11.0 Å². The molecule has 1 rings (SSSR count). The Bertz CT molecular complexity index is 207. The Labute approximate surface area is 56.5 Å². The lowest BCUT2D eigenvalue weighted by atomic mass is 10.3. The van der Waals surface area contributed by atoms with E-state index in [1.165, 1.54) is 0 Å². The van der Waals surface area contributed by atoms with Gasteiger partial charge in [-0.3, -0.25) is 4.99 Å². The summed E-state index contributed by atoms with van der Waals surface area (Å²) in [5.74, 6) is 0.336. The molecule has 0 bridgehead atoms. The average molecular weight is 144 g/mol. The van der Waals surface area contributed by atoms with Gasteiger partial charge in [-0.25, -0.2) is 4.21 Å². The molecule has 0 N–H and O–H groups in total. The van der Waals surface area contributed by atoms with Crippen molar-refractivity contribution < 1.29 is 4.21 Å². The SMILES string of the molecule is CC1=NCS(=O)N=C1C. The second kappa shape index (κ2) is 2.39. The van der Waals surface area contributed by atoms with Gasteiger partial charge >= 0.3 is 0 Å². The normalized spacial score (nSPS) is 27.1. The summed E-state index contributed by atoms with van der Waals surface area (Å²) in [7, 11) is -1.09. The molecule has 0 amide bonds. The number of aliphatic imine (C=N–C) groups is 1. The third-order valence-corrected chi connectivity index (χ3v) is 2.00. The summed E-state index contributed by atoms with van der Waals surface area (Å²) in [5, 5.41) is 0. The van der Waals surface area contributed by atoms with Gasteiger partial charge in [0.2, 0.25) is 0 Å². The molecular formula is C5H8N2OS. The maximum absolute atomic E-state index is 10.6. The maximum atomic E-state index is 10.6. The average Bonchev–Trinajstić information content (AvgIpc) is 1.80. The van der Waals surface area contributed by atoms with Crippen molar-refractivity contribution in [1.29, 1.82) is 0 Å². The zero-order valence-corrected chi connectivity index (χ0v) is 6.23. The topological polar surface area (TPSA) is 41.8 Å². The molecular weight excluding hydrogens is 136 g/mol. The Kier molecular flexibility index (Phi) is 1.75. The van der Waals surface area contributed by atoms with Crippen LogP contribution in [0.2, 0.25) is 0 Å². The lowest BCUT2D eigenvalue weighted by molar-refractivity contribution is 0.684. The van der Waals surface area contributed by atoms with Crippen molar-refractivity contribution >= 4 is 22.4 Å². The Balaban J connectivity index is 2.87. The molecule has 0 aliphatic carbocycles. The van der Waals surface area contributed by atoms with Crippen LogP contribution in [0.5, 0.6) is 0 Å². The Hall–Kier alpha value is -0.510. The minimum atomic E-state index is -1.09. The van der Waals surface area contributed by atoms with E-state index in [2.05, 4.69) is 9.39 Å². The third-order valence-electron chi connectivity index (χ3n) is 1.17. The van der Waals surface area contributed by atoms with Gasteiger partial charge in [-0.1, -0.05) is 0 Å². The van der Waals surface area contributed by atoms with E-state index in [-0.39, 0.29) is 0 Å². The fourth-order valence-electron chi connectivity index (χ4n) is 0.514. The van der Waals surface area contributed by atoms with Crippen LogP contribution in [0.25, 0.3) is 0 Å². The number of nitrogens with zero attached hydrogens (tertiary/aromatic N) is 2. The first kappa shape index (κ1) is 6.61. The molecule has 3 nitrogen and oxygen atoms in total. The van der Waals surface area contributed by atoms with Gasteiger partial charge in [0, 0.05) is 0 Å². The Morgan fingerprint density at radius 3 is 2.56 bits per heavy atom. The first-order valence-corrected chi connectivity index (χ1v) is 3.93. The lowest BCUT2D eigenvalue weighted by Crippen LogP contribution is -2.13. The van der Waals surface area contributed by atoms with Gasteiger partial charge in [0.25, 0.3) is 0 Å². The van der Waals surface area contributed by atoms with Crippen LogP contribution in [-0.4, -0.2) is 21.5 Å². The second-order valence-corrected chi connectivity index (χ2v) is 2.95. The van der Waals surface area contributed by atoms with E-state index in [4.69, 9.17) is 0 Å². The van der Waals surface area contributed by atoms with Gasteiger partial charge < -0.3 is 0 Å². The molecule has 1 heterocycles. The molecule has 0 radical (unpaired) electrons. The van der Waals surface area contributed by atoms with Crippen LogP contribution in [0.15, 0.2) is 9.39 Å². The summed E-state index contributed by atoms with van der Waals surface area (Å²) in [4.78, 5) is 3.98. The zero-order valence-electron chi connectivity index (χ0n) is 5.42. The number of hydrogen-bond donors (Lipinski definition) is 0. The van der Waals surface area contributed by atoms with Crippen LogP contribution in [-0.2, 0) is 11.0 Å². The van der Waals surface area contributed by atoms with Crippen molar-refractivity contribution in [3.05, 3.63) is 0 Å². The molecule has 0 aromatic rings. The summed E-state index contributed by atoms with van der Waals surface area (Å²) in [5.41, 5.74) is 1.69. The molecule has 0 saturated carbocycles. The van der Waals surface area contributed by atoms with Crippen molar-refractivity contribution in [2.24, 2.45) is 9.39 Å². The first-order valence-electron chi connectivity index (χ1n) is 2.65. The van der Waals surface area contributed by atoms with E-state index in [1.807, 2.05) is 13.8 Å². The molecule has 0 saturated heterocycles. The molecule has 0 aromatic heterocycles. The fourth-order valence-corrected chi connectivity index (χ4v) is 1.31. The quantitative estimate of drug-likeness (QED) is 0.489. The van der Waals surface area contributed by atoms with Crippen molar-refractivity contribution in [3.63, 3.8) is 0 Å². The van der Waals surface area contributed by atoms with Crippen molar-refractivity contribution in [2.45, 2.75) is 13.8 Å². The predicted molar refractivity (Wildman–Crippen MR) is 39.2 cm³/mol. The van der Waals surface area contributed by atoms with Crippen LogP contribution in [0.3, 0.4) is 0 Å². The molecule has 1 atom stereocenters. The number of rotatable bonds is 0. The molecule has 1 aliphatic heterocycles. The van der Waals surface area contributed by atoms with Crippen molar-refractivity contribution in [3.8, 4) is 0 Å². The highest BCUT2D eigenvalue weighted by atomic mass is 32.2. The van der Waals surface area contributed by atoms with Crippen molar-refractivity contribution in [1.82, 2.24) is 0 Å². The van der Waals surface area contributed by atoms with Gasteiger partial charge in [0.1, 0.15) is 5.88 Å². The highest BCUT2D eigenvalue weighted by Gasteiger charge is 2.05. The molecule has 1 aliphatic rings. The van der Waals surface area contributed by atoms with Crippen LogP contribution >= 0.6 is 0 Å². The van der Waals surface area contributed by atoms with E-state index in [1.54, 1.807) is 0 Å². The summed E-state index contributed by atoms with van der Waals surface area (Å²) in [6.45, 7) is 3.69. The maximum Gasteiger partial charge on any atom is 0.161 e. The summed E-state index contributed by atoms with van der Waals surface area (Å²) < 4.78 is 14.5. The second-order valence-electron chi connectivity index (χ2n) is 1.87. The molecule has 9 heavy (non-hydrogen) atoms. The van der Waals surface area contributed by atoms with Gasteiger partial charge in [0.15, 0.2) is 11.0 Å². The minimum absolute atomic E-state index is 0.336. The predicted octanol–water partition coefficient (Wildman–Crippen LogP) is 0.543. The van der Waals surface area contributed by atoms with Crippen LogP contribution in [0.4, 0.5) is 0 Å². The van der Waals surface area contributed by atoms with Gasteiger partial charge in [-0.15, -0.1) is 0 Å². The van der Waals surface area contributed by atoms with Crippen molar-refractivity contribution in [2.75, 3.05) is 5.88 Å². The molecule has 4 heteroatoms. The Morgan fingerprint density at radius 2 is 2.11 bits per heavy atom. The number of hydrogen-bond acceptors (Lipinski definition) is 2. The monoisotopic (exact) mass is 144 g/mol. The molecule has 0 spiro atoms. The largest absolute Gasteiger partial charge is 0.273 e. The minimum Gasteiger partial charge on any atom is -0.273 e. The van der Waals surface area contributed by atoms with E-state index in [0.29, 0.717) is 5.88 Å². The molecule has 50 valence electrons. The standard InChI is InChI=1S/C5H8N2OS/c1-4-5(2)7-9(8)3-6-4/h3H2,1-2H3. The van der Waals surface area contributed by atoms with Gasteiger partial charge in [-0.05, 0) is 13.8 Å².